The van der Waals surface area contributed by atoms with E-state index in [1.54, 1.807) is 47.6 Å². The lowest BCUT2D eigenvalue weighted by Crippen LogP contribution is -2.43. The van der Waals surface area contributed by atoms with E-state index in [9.17, 15) is 9.18 Å². The number of benzene rings is 1. The highest BCUT2D eigenvalue weighted by molar-refractivity contribution is 6.30. The monoisotopic (exact) mass is 381 g/mol. The average Bonchev–Trinajstić information content (AvgIpc) is 2.47. The van der Waals surface area contributed by atoms with E-state index in [0.717, 1.165) is 0 Å². The Hall–Kier alpha value is -2.28. The van der Waals surface area contributed by atoms with Crippen LogP contribution in [0.25, 0.3) is 11.4 Å². The van der Waals surface area contributed by atoms with Crippen LogP contribution in [0.1, 0.15) is 40.4 Å². The first-order chi connectivity index (χ1) is 11.9. The number of rotatable bonds is 4. The van der Waals surface area contributed by atoms with E-state index in [-0.39, 0.29) is 16.9 Å². The van der Waals surface area contributed by atoms with E-state index >= 15 is 0 Å². The number of carbonyl (C=O) groups is 1. The molecule has 0 amide bonds. The van der Waals surface area contributed by atoms with Crippen molar-refractivity contribution in [2.45, 2.75) is 52.7 Å². The SMILES string of the molecule is Cc1nc(OC(C)(C)C(=O)OC(C)(C)C)nc(-c2ccc(Cl)c(F)c2)n1. The molecule has 0 N–H and O–H groups in total. The number of ether oxygens (including phenoxy) is 2. The molecular weight excluding hydrogens is 361 g/mol. The van der Waals surface area contributed by atoms with Crippen molar-refractivity contribution in [1.29, 1.82) is 0 Å². The summed E-state index contributed by atoms with van der Waals surface area (Å²) in [6.07, 6.45) is 0. The van der Waals surface area contributed by atoms with Gasteiger partial charge in [-0.2, -0.15) is 9.97 Å². The summed E-state index contributed by atoms with van der Waals surface area (Å²) in [6, 6.07) is 4.16. The molecule has 0 atom stereocenters. The van der Waals surface area contributed by atoms with Crippen molar-refractivity contribution in [1.82, 2.24) is 15.0 Å². The van der Waals surface area contributed by atoms with Crippen molar-refractivity contribution in [2.24, 2.45) is 0 Å². The van der Waals surface area contributed by atoms with Crippen molar-refractivity contribution in [2.75, 3.05) is 0 Å². The van der Waals surface area contributed by atoms with Gasteiger partial charge in [0.1, 0.15) is 17.2 Å². The molecule has 2 aromatic rings. The first-order valence-electron chi connectivity index (χ1n) is 7.98. The van der Waals surface area contributed by atoms with Crippen molar-refractivity contribution in [3.8, 4) is 17.4 Å². The molecule has 0 spiro atoms. The molecule has 0 bridgehead atoms. The second-order valence-electron chi connectivity index (χ2n) is 7.23. The number of hydrogen-bond acceptors (Lipinski definition) is 6. The van der Waals surface area contributed by atoms with Gasteiger partial charge in [-0.05, 0) is 59.7 Å². The zero-order valence-corrected chi connectivity index (χ0v) is 16.3. The summed E-state index contributed by atoms with van der Waals surface area (Å²) in [7, 11) is 0. The predicted molar refractivity (Wildman–Crippen MR) is 95.5 cm³/mol. The van der Waals surface area contributed by atoms with Crippen molar-refractivity contribution in [3.63, 3.8) is 0 Å². The molecule has 0 radical (unpaired) electrons. The molecule has 0 aliphatic heterocycles. The maximum Gasteiger partial charge on any atom is 0.350 e. The maximum atomic E-state index is 13.7. The Bertz CT molecular complexity index is 835. The zero-order chi connectivity index (χ0) is 19.7. The molecule has 2 rings (SSSR count). The number of esters is 1. The fourth-order valence-corrected chi connectivity index (χ4v) is 2.06. The summed E-state index contributed by atoms with van der Waals surface area (Å²) < 4.78 is 24.7. The summed E-state index contributed by atoms with van der Waals surface area (Å²) in [6.45, 7) is 10.1. The Kier molecular flexibility index (Phi) is 5.51. The minimum absolute atomic E-state index is 0.00191. The quantitative estimate of drug-likeness (QED) is 0.741. The standard InChI is InChI=1S/C18H21ClFN3O3/c1-10-21-14(11-7-8-12(19)13(20)9-11)23-16(22-10)26-18(5,6)15(24)25-17(2,3)4/h7-9H,1-6H3. The number of aryl methyl sites for hydroxylation is 1. The predicted octanol–water partition coefficient (Wildman–Crippen LogP) is 4.14. The van der Waals surface area contributed by atoms with E-state index in [0.29, 0.717) is 11.4 Å². The third-order valence-electron chi connectivity index (χ3n) is 3.14. The Labute approximate surface area is 156 Å². The maximum absolute atomic E-state index is 13.7. The van der Waals surface area contributed by atoms with Gasteiger partial charge in [0, 0.05) is 5.56 Å². The molecule has 0 aliphatic carbocycles. The fraction of sp³-hybridized carbons (Fsp3) is 0.444. The Morgan fingerprint density at radius 2 is 1.77 bits per heavy atom. The van der Waals surface area contributed by atoms with Gasteiger partial charge >= 0.3 is 12.0 Å². The summed E-state index contributed by atoms with van der Waals surface area (Å²) in [5.74, 6) is -0.565. The van der Waals surface area contributed by atoms with Crippen LogP contribution in [0, 0.1) is 12.7 Å². The van der Waals surface area contributed by atoms with Gasteiger partial charge in [-0.15, -0.1) is 0 Å². The van der Waals surface area contributed by atoms with E-state index in [2.05, 4.69) is 15.0 Å². The first kappa shape index (κ1) is 20.0. The average molecular weight is 382 g/mol. The number of hydrogen-bond donors (Lipinski definition) is 0. The molecule has 0 aliphatic rings. The number of carbonyl (C=O) groups excluding carboxylic acids is 1. The Morgan fingerprint density at radius 1 is 1.12 bits per heavy atom. The highest BCUT2D eigenvalue weighted by Gasteiger charge is 2.36. The summed E-state index contributed by atoms with van der Waals surface area (Å²) in [4.78, 5) is 24.8. The lowest BCUT2D eigenvalue weighted by Gasteiger charge is -2.28. The molecule has 0 fully saturated rings. The first-order valence-corrected chi connectivity index (χ1v) is 8.36. The molecule has 140 valence electrons. The number of halogens is 2. The van der Waals surface area contributed by atoms with Gasteiger partial charge in [0.2, 0.25) is 5.60 Å². The zero-order valence-electron chi connectivity index (χ0n) is 15.6. The van der Waals surface area contributed by atoms with Crippen molar-refractivity contribution in [3.05, 3.63) is 34.9 Å². The van der Waals surface area contributed by atoms with E-state index in [1.807, 2.05) is 0 Å². The second kappa shape index (κ2) is 7.15. The molecule has 6 nitrogen and oxygen atoms in total. The molecule has 1 aromatic carbocycles. The summed E-state index contributed by atoms with van der Waals surface area (Å²) in [5, 5.41) is 0.00191. The van der Waals surface area contributed by atoms with Crippen LogP contribution in [-0.4, -0.2) is 32.1 Å². The van der Waals surface area contributed by atoms with E-state index in [1.165, 1.54) is 12.1 Å². The normalized spacial score (nSPS) is 12.0. The molecule has 1 heterocycles. The molecule has 0 saturated carbocycles. The molecule has 8 heteroatoms. The van der Waals surface area contributed by atoms with Crippen LogP contribution in [0.3, 0.4) is 0 Å². The lowest BCUT2D eigenvalue weighted by atomic mass is 10.1. The third-order valence-corrected chi connectivity index (χ3v) is 3.45. The number of aromatic nitrogens is 3. The third kappa shape index (κ3) is 5.11. The molecule has 1 aromatic heterocycles. The summed E-state index contributed by atoms with van der Waals surface area (Å²) in [5.41, 5.74) is -1.56. The van der Waals surface area contributed by atoms with Gasteiger partial charge < -0.3 is 9.47 Å². The van der Waals surface area contributed by atoms with Crippen LogP contribution in [0.4, 0.5) is 4.39 Å². The minimum Gasteiger partial charge on any atom is -0.457 e. The van der Waals surface area contributed by atoms with Gasteiger partial charge in [0.25, 0.3) is 0 Å². The highest BCUT2D eigenvalue weighted by atomic mass is 35.5. The fourth-order valence-electron chi connectivity index (χ4n) is 1.94. The van der Waals surface area contributed by atoms with Crippen molar-refractivity contribution >= 4 is 17.6 Å². The smallest absolute Gasteiger partial charge is 0.350 e. The Balaban J connectivity index is 2.32. The van der Waals surface area contributed by atoms with E-state index in [4.69, 9.17) is 21.1 Å². The van der Waals surface area contributed by atoms with Gasteiger partial charge in [-0.3, -0.25) is 0 Å². The van der Waals surface area contributed by atoms with Gasteiger partial charge in [0.15, 0.2) is 5.82 Å². The van der Waals surface area contributed by atoms with Gasteiger partial charge in [-0.1, -0.05) is 11.6 Å². The summed E-state index contributed by atoms with van der Waals surface area (Å²) >= 11 is 5.70. The molecular formula is C18H21ClFN3O3. The highest BCUT2D eigenvalue weighted by Crippen LogP contribution is 2.24. The largest absolute Gasteiger partial charge is 0.457 e. The van der Waals surface area contributed by atoms with Crippen molar-refractivity contribution < 1.29 is 18.7 Å². The molecule has 0 saturated heterocycles. The van der Waals surface area contributed by atoms with Crippen LogP contribution in [0.15, 0.2) is 18.2 Å². The Morgan fingerprint density at radius 3 is 2.35 bits per heavy atom. The van der Waals surface area contributed by atoms with Gasteiger partial charge in [0.05, 0.1) is 5.02 Å². The lowest BCUT2D eigenvalue weighted by molar-refractivity contribution is -0.171. The van der Waals surface area contributed by atoms with Gasteiger partial charge in [-0.25, -0.2) is 14.2 Å². The number of nitrogens with zero attached hydrogens (tertiary/aromatic N) is 3. The topological polar surface area (TPSA) is 74.2 Å². The second-order valence-corrected chi connectivity index (χ2v) is 7.64. The molecule has 26 heavy (non-hydrogen) atoms. The molecule has 0 unspecified atom stereocenters. The van der Waals surface area contributed by atoms with E-state index < -0.39 is 23.0 Å². The van der Waals surface area contributed by atoms with Crippen LogP contribution in [0.2, 0.25) is 5.02 Å². The van der Waals surface area contributed by atoms with Crippen LogP contribution < -0.4 is 4.74 Å². The van der Waals surface area contributed by atoms with Crippen LogP contribution in [0.5, 0.6) is 6.01 Å². The minimum atomic E-state index is -1.32. The van der Waals surface area contributed by atoms with Crippen LogP contribution >= 0.6 is 11.6 Å². The van der Waals surface area contributed by atoms with Crippen LogP contribution in [-0.2, 0) is 9.53 Å².